The van der Waals surface area contributed by atoms with Gasteiger partial charge < -0.3 is 0 Å². The van der Waals surface area contributed by atoms with Gasteiger partial charge >= 0.3 is 0 Å². The summed E-state index contributed by atoms with van der Waals surface area (Å²) in [6.07, 6.45) is 2.96. The summed E-state index contributed by atoms with van der Waals surface area (Å²) in [5.41, 5.74) is 0.731. The van der Waals surface area contributed by atoms with Gasteiger partial charge in [-0.3, -0.25) is 0 Å². The standard InChI is InChI=1S/C13H15ClN2O2S/c1-9(2)13-15-6-7-16(13)19(17,18)11-4-5-12(14)10(3)8-11/h4-9H,1-3H3. The average molecular weight is 299 g/mol. The topological polar surface area (TPSA) is 52.0 Å². The predicted octanol–water partition coefficient (Wildman–Crippen LogP) is 3.21. The van der Waals surface area contributed by atoms with Crippen LogP contribution in [0.4, 0.5) is 0 Å². The van der Waals surface area contributed by atoms with Crippen LogP contribution in [0, 0.1) is 6.92 Å². The van der Waals surface area contributed by atoms with E-state index in [1.807, 2.05) is 13.8 Å². The molecule has 0 saturated carbocycles. The van der Waals surface area contributed by atoms with E-state index in [-0.39, 0.29) is 10.8 Å². The molecule has 0 radical (unpaired) electrons. The molecule has 0 unspecified atom stereocenters. The molecular weight excluding hydrogens is 284 g/mol. The molecule has 102 valence electrons. The minimum atomic E-state index is -3.62. The van der Waals surface area contributed by atoms with Crippen molar-refractivity contribution < 1.29 is 8.42 Å². The van der Waals surface area contributed by atoms with Crippen LogP contribution in [-0.2, 0) is 10.0 Å². The summed E-state index contributed by atoms with van der Waals surface area (Å²) in [7, 11) is -3.62. The van der Waals surface area contributed by atoms with E-state index in [4.69, 9.17) is 11.6 Å². The molecule has 19 heavy (non-hydrogen) atoms. The SMILES string of the molecule is Cc1cc(S(=O)(=O)n2ccnc2C(C)C)ccc1Cl. The van der Waals surface area contributed by atoms with E-state index >= 15 is 0 Å². The first kappa shape index (κ1) is 14.1. The molecule has 0 aliphatic heterocycles. The van der Waals surface area contributed by atoms with Crippen LogP contribution in [0.5, 0.6) is 0 Å². The van der Waals surface area contributed by atoms with Crippen LogP contribution in [0.2, 0.25) is 5.02 Å². The zero-order valence-electron chi connectivity index (χ0n) is 11.0. The van der Waals surface area contributed by atoms with Gasteiger partial charge in [-0.25, -0.2) is 17.4 Å². The fourth-order valence-corrected chi connectivity index (χ4v) is 3.43. The Bertz CT molecular complexity index is 705. The largest absolute Gasteiger partial charge is 0.269 e. The monoisotopic (exact) mass is 298 g/mol. The number of halogens is 1. The van der Waals surface area contributed by atoms with E-state index in [0.29, 0.717) is 10.8 Å². The van der Waals surface area contributed by atoms with E-state index in [1.165, 1.54) is 22.4 Å². The second-order valence-corrected chi connectivity index (χ2v) is 6.87. The second kappa shape index (κ2) is 4.98. The third kappa shape index (κ3) is 2.53. The van der Waals surface area contributed by atoms with Gasteiger partial charge in [-0.05, 0) is 30.7 Å². The number of hydrogen-bond donors (Lipinski definition) is 0. The van der Waals surface area contributed by atoms with E-state index in [1.54, 1.807) is 19.1 Å². The maximum atomic E-state index is 12.6. The predicted molar refractivity (Wildman–Crippen MR) is 75.1 cm³/mol. The van der Waals surface area contributed by atoms with E-state index in [0.717, 1.165) is 5.56 Å². The molecule has 1 aromatic carbocycles. The molecule has 0 saturated heterocycles. The molecule has 2 rings (SSSR count). The van der Waals surface area contributed by atoms with E-state index in [2.05, 4.69) is 4.98 Å². The highest BCUT2D eigenvalue weighted by Crippen LogP contribution is 2.23. The minimum Gasteiger partial charge on any atom is -0.240 e. The van der Waals surface area contributed by atoms with Crippen molar-refractivity contribution in [3.05, 3.63) is 47.0 Å². The zero-order chi connectivity index (χ0) is 14.2. The van der Waals surface area contributed by atoms with Crippen molar-refractivity contribution >= 4 is 21.6 Å². The highest BCUT2D eigenvalue weighted by molar-refractivity contribution is 7.90. The number of aryl methyl sites for hydroxylation is 1. The van der Waals surface area contributed by atoms with Crippen molar-refractivity contribution in [1.29, 1.82) is 0 Å². The van der Waals surface area contributed by atoms with Crippen LogP contribution in [0.15, 0.2) is 35.5 Å². The van der Waals surface area contributed by atoms with Crippen LogP contribution in [0.3, 0.4) is 0 Å². The molecule has 0 aliphatic carbocycles. The summed E-state index contributed by atoms with van der Waals surface area (Å²) in [6.45, 7) is 5.58. The Morgan fingerprint density at radius 2 is 2.00 bits per heavy atom. The number of aromatic nitrogens is 2. The fraction of sp³-hybridized carbons (Fsp3) is 0.308. The van der Waals surface area contributed by atoms with Crippen LogP contribution in [0.25, 0.3) is 0 Å². The van der Waals surface area contributed by atoms with Gasteiger partial charge in [0.15, 0.2) is 0 Å². The Balaban J connectivity index is 2.59. The lowest BCUT2D eigenvalue weighted by molar-refractivity contribution is 0.581. The molecule has 0 aliphatic rings. The van der Waals surface area contributed by atoms with Gasteiger partial charge in [-0.2, -0.15) is 0 Å². The van der Waals surface area contributed by atoms with Gasteiger partial charge in [-0.1, -0.05) is 25.4 Å². The van der Waals surface area contributed by atoms with Crippen molar-refractivity contribution in [3.8, 4) is 0 Å². The van der Waals surface area contributed by atoms with Crippen molar-refractivity contribution in [1.82, 2.24) is 8.96 Å². The third-order valence-electron chi connectivity index (χ3n) is 2.84. The number of nitrogens with zero attached hydrogens (tertiary/aromatic N) is 2. The molecule has 2 aromatic rings. The lowest BCUT2D eigenvalue weighted by Gasteiger charge is -2.12. The second-order valence-electron chi connectivity index (χ2n) is 4.65. The average Bonchev–Trinajstić information content (AvgIpc) is 2.82. The summed E-state index contributed by atoms with van der Waals surface area (Å²) in [4.78, 5) is 4.32. The lowest BCUT2D eigenvalue weighted by Crippen LogP contribution is -2.16. The molecule has 0 amide bonds. The molecule has 0 atom stereocenters. The van der Waals surface area contributed by atoms with Crippen LogP contribution in [0.1, 0.15) is 31.2 Å². The first-order valence-electron chi connectivity index (χ1n) is 5.89. The maximum Gasteiger partial charge on any atom is 0.269 e. The summed E-state index contributed by atoms with van der Waals surface area (Å²) in [6, 6.07) is 4.67. The van der Waals surface area contributed by atoms with Gasteiger partial charge in [0.05, 0.1) is 4.90 Å². The first-order valence-corrected chi connectivity index (χ1v) is 7.71. The molecule has 0 fully saturated rings. The summed E-state index contributed by atoms with van der Waals surface area (Å²) in [5, 5.41) is 0.550. The van der Waals surface area contributed by atoms with Crippen molar-refractivity contribution in [2.45, 2.75) is 31.6 Å². The Morgan fingerprint density at radius 1 is 1.32 bits per heavy atom. The summed E-state index contributed by atoms with van der Waals surface area (Å²) < 4.78 is 26.3. The molecule has 6 heteroatoms. The smallest absolute Gasteiger partial charge is 0.240 e. The summed E-state index contributed by atoms with van der Waals surface area (Å²) >= 11 is 5.92. The Hall–Kier alpha value is -1.33. The van der Waals surface area contributed by atoms with Gasteiger partial charge in [0.1, 0.15) is 5.82 Å². The highest BCUT2D eigenvalue weighted by Gasteiger charge is 2.22. The maximum absolute atomic E-state index is 12.6. The Labute approximate surface area is 118 Å². The number of hydrogen-bond acceptors (Lipinski definition) is 3. The molecule has 0 bridgehead atoms. The van der Waals surface area contributed by atoms with Gasteiger partial charge in [0.2, 0.25) is 0 Å². The number of rotatable bonds is 3. The molecule has 0 N–H and O–H groups in total. The quantitative estimate of drug-likeness (QED) is 0.874. The first-order chi connectivity index (χ1) is 8.84. The molecular formula is C13H15ClN2O2S. The zero-order valence-corrected chi connectivity index (χ0v) is 12.5. The molecule has 1 aromatic heterocycles. The van der Waals surface area contributed by atoms with Crippen molar-refractivity contribution in [2.75, 3.05) is 0 Å². The number of benzene rings is 1. The molecule has 4 nitrogen and oxygen atoms in total. The Kier molecular flexibility index (Phi) is 3.69. The van der Waals surface area contributed by atoms with Gasteiger partial charge in [-0.15, -0.1) is 0 Å². The minimum absolute atomic E-state index is 0.0261. The van der Waals surface area contributed by atoms with Crippen molar-refractivity contribution in [3.63, 3.8) is 0 Å². The van der Waals surface area contributed by atoms with E-state index < -0.39 is 10.0 Å². The van der Waals surface area contributed by atoms with Crippen LogP contribution in [-0.4, -0.2) is 17.4 Å². The van der Waals surface area contributed by atoms with Gasteiger partial charge in [0, 0.05) is 23.3 Å². The van der Waals surface area contributed by atoms with E-state index in [9.17, 15) is 8.42 Å². The van der Waals surface area contributed by atoms with Crippen LogP contribution < -0.4 is 0 Å². The molecule has 1 heterocycles. The lowest BCUT2D eigenvalue weighted by atomic mass is 10.2. The summed E-state index contributed by atoms with van der Waals surface area (Å²) in [5.74, 6) is 0.547. The normalized spacial score (nSPS) is 12.1. The number of imidazole rings is 1. The third-order valence-corrected chi connectivity index (χ3v) is 4.94. The van der Waals surface area contributed by atoms with Crippen LogP contribution >= 0.6 is 11.6 Å². The molecule has 0 spiro atoms. The fourth-order valence-electron chi connectivity index (χ4n) is 1.80. The Morgan fingerprint density at radius 3 is 2.58 bits per heavy atom. The highest BCUT2D eigenvalue weighted by atomic mass is 35.5. The van der Waals surface area contributed by atoms with Gasteiger partial charge in [0.25, 0.3) is 10.0 Å². The van der Waals surface area contributed by atoms with Crippen molar-refractivity contribution in [2.24, 2.45) is 0 Å².